The smallest absolute Gasteiger partial charge is 0.121 e. The Kier molecular flexibility index (Phi) is 6.84. The lowest BCUT2D eigenvalue weighted by molar-refractivity contribution is -0.270. The van der Waals surface area contributed by atoms with E-state index in [0.717, 1.165) is 32.1 Å². The highest BCUT2D eigenvalue weighted by molar-refractivity contribution is 5.08. The second-order valence-corrected chi connectivity index (χ2v) is 5.87. The molecule has 6 N–H and O–H groups in total. The summed E-state index contributed by atoms with van der Waals surface area (Å²) in [5.41, 5.74) is -1.98. The predicted molar refractivity (Wildman–Crippen MR) is 73.0 cm³/mol. The van der Waals surface area contributed by atoms with Gasteiger partial charge in [0.2, 0.25) is 0 Å². The zero-order valence-corrected chi connectivity index (χ0v) is 12.0. The van der Waals surface area contributed by atoms with Crippen LogP contribution in [0.15, 0.2) is 0 Å². The number of unbranched alkanes of at least 4 members (excludes halogenated alkanes) is 5. The first-order valence-electron chi connectivity index (χ1n) is 7.49. The van der Waals surface area contributed by atoms with Crippen molar-refractivity contribution < 1.29 is 30.6 Å². The van der Waals surface area contributed by atoms with Crippen LogP contribution in [0, 0.1) is 0 Å². The van der Waals surface area contributed by atoms with Gasteiger partial charge in [-0.2, -0.15) is 0 Å². The maximum Gasteiger partial charge on any atom is 0.121 e. The summed E-state index contributed by atoms with van der Waals surface area (Å²) in [6, 6.07) is 0. The highest BCUT2D eigenvalue weighted by Gasteiger charge is 2.56. The highest BCUT2D eigenvalue weighted by Crippen LogP contribution is 2.34. The van der Waals surface area contributed by atoms with Crippen molar-refractivity contribution in [2.45, 2.75) is 88.0 Å². The summed E-state index contributed by atoms with van der Waals surface area (Å²) in [6.07, 6.45) is -2.47. The third-order valence-electron chi connectivity index (χ3n) is 4.30. The third-order valence-corrected chi connectivity index (χ3v) is 4.30. The predicted octanol–water partition coefficient (Wildman–Crippen LogP) is -0.714. The Hall–Kier alpha value is -0.240. The first-order valence-corrected chi connectivity index (χ1v) is 7.49. The van der Waals surface area contributed by atoms with E-state index in [0.29, 0.717) is 6.42 Å². The van der Waals surface area contributed by atoms with Gasteiger partial charge >= 0.3 is 0 Å². The van der Waals surface area contributed by atoms with E-state index in [4.69, 9.17) is 0 Å². The Morgan fingerprint density at radius 2 is 1.15 bits per heavy atom. The van der Waals surface area contributed by atoms with E-state index in [9.17, 15) is 30.6 Å². The summed E-state index contributed by atoms with van der Waals surface area (Å²) in [5, 5.41) is 58.7. The van der Waals surface area contributed by atoms with Gasteiger partial charge < -0.3 is 30.6 Å². The summed E-state index contributed by atoms with van der Waals surface area (Å²) >= 11 is 0. The molecule has 0 amide bonds. The number of hydrogen-bond acceptors (Lipinski definition) is 6. The average molecular weight is 292 g/mol. The second kappa shape index (κ2) is 7.68. The molecule has 6 nitrogen and oxygen atoms in total. The number of aliphatic hydroxyl groups excluding tert-OH is 5. The SMILES string of the molecule is CCCCCCCCC1(O)[C@H](O)[C@@H](O)C(O)[C@@H](O)[C@@H]1O. The van der Waals surface area contributed by atoms with Gasteiger partial charge in [0.25, 0.3) is 0 Å². The molecule has 6 atom stereocenters. The summed E-state index contributed by atoms with van der Waals surface area (Å²) in [5.74, 6) is 0. The Labute approximate surface area is 119 Å². The number of rotatable bonds is 7. The number of hydrogen-bond donors (Lipinski definition) is 6. The molecule has 0 bridgehead atoms. The highest BCUT2D eigenvalue weighted by atomic mass is 16.4. The lowest BCUT2D eigenvalue weighted by atomic mass is 9.72. The minimum Gasteiger partial charge on any atom is -0.387 e. The Bertz CT molecular complexity index is 269. The van der Waals surface area contributed by atoms with Crippen molar-refractivity contribution >= 4 is 0 Å². The van der Waals surface area contributed by atoms with E-state index in [1.54, 1.807) is 0 Å². The summed E-state index contributed by atoms with van der Waals surface area (Å²) < 4.78 is 0. The topological polar surface area (TPSA) is 121 Å². The van der Waals surface area contributed by atoms with E-state index in [1.807, 2.05) is 0 Å². The molecule has 6 heteroatoms. The lowest BCUT2D eigenvalue weighted by Crippen LogP contribution is -2.70. The van der Waals surface area contributed by atoms with E-state index in [-0.39, 0.29) is 6.42 Å². The molecule has 0 aromatic rings. The Morgan fingerprint density at radius 3 is 1.65 bits per heavy atom. The first-order chi connectivity index (χ1) is 9.36. The zero-order valence-electron chi connectivity index (χ0n) is 12.0. The van der Waals surface area contributed by atoms with Gasteiger partial charge in [0.1, 0.15) is 36.1 Å². The van der Waals surface area contributed by atoms with Crippen LogP contribution in [-0.4, -0.2) is 66.8 Å². The summed E-state index contributed by atoms with van der Waals surface area (Å²) in [4.78, 5) is 0. The molecule has 0 radical (unpaired) electrons. The van der Waals surface area contributed by atoms with E-state index in [2.05, 4.69) is 6.92 Å². The normalized spacial score (nSPS) is 41.9. The van der Waals surface area contributed by atoms with Crippen LogP contribution >= 0.6 is 0 Å². The molecule has 1 aliphatic rings. The molecule has 1 saturated carbocycles. The van der Waals surface area contributed by atoms with Gasteiger partial charge in [-0.05, 0) is 6.42 Å². The fourth-order valence-corrected chi connectivity index (χ4v) is 2.83. The van der Waals surface area contributed by atoms with E-state index < -0.39 is 36.1 Å². The standard InChI is InChI=1S/C14H28O6/c1-2-3-4-5-6-7-8-14(20)12(18)10(16)9(15)11(17)13(14)19/h9-13,15-20H,2-8H2,1H3/t9?,10-,11+,12+,13-,14?. The van der Waals surface area contributed by atoms with Gasteiger partial charge in [-0.15, -0.1) is 0 Å². The molecule has 1 rings (SSSR count). The molecule has 0 aliphatic heterocycles. The van der Waals surface area contributed by atoms with Crippen molar-refractivity contribution in [1.82, 2.24) is 0 Å². The van der Waals surface area contributed by atoms with Gasteiger partial charge in [0, 0.05) is 0 Å². The first kappa shape index (κ1) is 17.8. The average Bonchev–Trinajstić information content (AvgIpc) is 2.45. The van der Waals surface area contributed by atoms with Crippen LogP contribution in [0.5, 0.6) is 0 Å². The van der Waals surface area contributed by atoms with Gasteiger partial charge in [-0.25, -0.2) is 0 Å². The molecule has 1 fully saturated rings. The molecular formula is C14H28O6. The molecule has 0 saturated heterocycles. The molecule has 0 aromatic heterocycles. The minimum absolute atomic E-state index is 0.0717. The number of aliphatic hydroxyl groups is 6. The van der Waals surface area contributed by atoms with Crippen molar-refractivity contribution in [3.8, 4) is 0 Å². The maximum atomic E-state index is 10.3. The van der Waals surface area contributed by atoms with Crippen molar-refractivity contribution in [3.63, 3.8) is 0 Å². The van der Waals surface area contributed by atoms with E-state index >= 15 is 0 Å². The van der Waals surface area contributed by atoms with Crippen LogP contribution < -0.4 is 0 Å². The molecule has 0 spiro atoms. The van der Waals surface area contributed by atoms with E-state index in [1.165, 1.54) is 0 Å². The molecule has 0 aromatic carbocycles. The van der Waals surface area contributed by atoms with Crippen LogP contribution in [0.1, 0.15) is 51.9 Å². The quantitative estimate of drug-likeness (QED) is 0.345. The maximum absolute atomic E-state index is 10.3. The zero-order chi connectivity index (χ0) is 15.3. The van der Waals surface area contributed by atoms with Crippen LogP contribution in [0.3, 0.4) is 0 Å². The summed E-state index contributed by atoms with van der Waals surface area (Å²) in [6.45, 7) is 2.12. The van der Waals surface area contributed by atoms with Gasteiger partial charge in [0.15, 0.2) is 0 Å². The van der Waals surface area contributed by atoms with Crippen molar-refractivity contribution in [3.05, 3.63) is 0 Å². The van der Waals surface area contributed by atoms with Crippen molar-refractivity contribution in [2.75, 3.05) is 0 Å². The molecule has 20 heavy (non-hydrogen) atoms. The fraction of sp³-hybridized carbons (Fsp3) is 1.00. The molecule has 2 unspecified atom stereocenters. The fourth-order valence-electron chi connectivity index (χ4n) is 2.83. The molecular weight excluding hydrogens is 264 g/mol. The van der Waals surface area contributed by atoms with Crippen LogP contribution in [0.2, 0.25) is 0 Å². The van der Waals surface area contributed by atoms with Crippen LogP contribution in [0.4, 0.5) is 0 Å². The lowest BCUT2D eigenvalue weighted by Gasteiger charge is -2.47. The second-order valence-electron chi connectivity index (χ2n) is 5.87. The van der Waals surface area contributed by atoms with Gasteiger partial charge in [-0.1, -0.05) is 45.4 Å². The van der Waals surface area contributed by atoms with Crippen LogP contribution in [-0.2, 0) is 0 Å². The Morgan fingerprint density at radius 1 is 0.700 bits per heavy atom. The van der Waals surface area contributed by atoms with Crippen molar-refractivity contribution in [2.24, 2.45) is 0 Å². The van der Waals surface area contributed by atoms with Gasteiger partial charge in [-0.3, -0.25) is 0 Å². The van der Waals surface area contributed by atoms with Gasteiger partial charge in [0.05, 0.1) is 0 Å². The van der Waals surface area contributed by atoms with Crippen molar-refractivity contribution in [1.29, 1.82) is 0 Å². The Balaban J connectivity index is 2.52. The largest absolute Gasteiger partial charge is 0.387 e. The molecule has 0 heterocycles. The summed E-state index contributed by atoms with van der Waals surface area (Å²) in [7, 11) is 0. The monoisotopic (exact) mass is 292 g/mol. The molecule has 120 valence electrons. The minimum atomic E-state index is -1.98. The van der Waals surface area contributed by atoms with Crippen LogP contribution in [0.25, 0.3) is 0 Å². The third kappa shape index (κ3) is 3.69. The molecule has 1 aliphatic carbocycles.